The minimum Gasteiger partial charge on any atom is -0.388 e. The summed E-state index contributed by atoms with van der Waals surface area (Å²) in [6, 6.07) is 13.0. The summed E-state index contributed by atoms with van der Waals surface area (Å²) < 4.78 is 0. The summed E-state index contributed by atoms with van der Waals surface area (Å²) >= 11 is 0. The Balaban J connectivity index is 2.18. The Labute approximate surface area is 122 Å². The van der Waals surface area contributed by atoms with Crippen molar-refractivity contribution in [1.82, 2.24) is 0 Å². The van der Waals surface area contributed by atoms with Gasteiger partial charge in [-0.15, -0.1) is 0 Å². The molecule has 0 bridgehead atoms. The normalized spacial score (nSPS) is 10.4. The zero-order valence-corrected chi connectivity index (χ0v) is 13.1. The van der Waals surface area contributed by atoms with Gasteiger partial charge in [0.05, 0.1) is 0 Å². The van der Waals surface area contributed by atoms with E-state index in [9.17, 15) is 0 Å². The number of hydrogen-bond acceptors (Lipinski definition) is 2. The van der Waals surface area contributed by atoms with Gasteiger partial charge in [0.1, 0.15) is 0 Å². The molecule has 2 heteroatoms. The summed E-state index contributed by atoms with van der Waals surface area (Å²) in [5.74, 6) is 0. The maximum atomic E-state index is 3.15. The number of anilines is 2. The van der Waals surface area contributed by atoms with Crippen LogP contribution >= 0.6 is 0 Å². The van der Waals surface area contributed by atoms with E-state index in [4.69, 9.17) is 0 Å². The van der Waals surface area contributed by atoms with E-state index in [0.717, 1.165) is 12.2 Å². The molecule has 0 fully saturated rings. The van der Waals surface area contributed by atoms with Crippen molar-refractivity contribution in [3.8, 4) is 0 Å². The van der Waals surface area contributed by atoms with E-state index in [1.807, 2.05) is 7.05 Å². The number of nitrogens with one attached hydrogen (secondary N) is 1. The Morgan fingerprint density at radius 1 is 0.900 bits per heavy atom. The van der Waals surface area contributed by atoms with Gasteiger partial charge >= 0.3 is 0 Å². The molecular weight excluding hydrogens is 244 g/mol. The molecule has 20 heavy (non-hydrogen) atoms. The third-order valence-electron chi connectivity index (χ3n) is 4.17. The van der Waals surface area contributed by atoms with Crippen LogP contribution in [0.25, 0.3) is 0 Å². The molecule has 2 nitrogen and oxygen atoms in total. The van der Waals surface area contributed by atoms with Gasteiger partial charge in [-0.1, -0.05) is 12.1 Å². The molecule has 0 heterocycles. The molecule has 2 rings (SSSR count). The minimum absolute atomic E-state index is 0.936. The maximum Gasteiger partial charge on any atom is 0.0428 e. The van der Waals surface area contributed by atoms with Gasteiger partial charge in [0, 0.05) is 32.0 Å². The summed E-state index contributed by atoms with van der Waals surface area (Å²) in [5.41, 5.74) is 7.96. The molecule has 1 N–H and O–H groups in total. The molecule has 2 aromatic rings. The highest BCUT2D eigenvalue weighted by Crippen LogP contribution is 2.22. The van der Waals surface area contributed by atoms with Crippen LogP contribution < -0.4 is 10.2 Å². The molecule has 0 amide bonds. The highest BCUT2D eigenvalue weighted by Gasteiger charge is 2.07. The first-order valence-corrected chi connectivity index (χ1v) is 7.07. The van der Waals surface area contributed by atoms with E-state index in [2.05, 4.69) is 74.4 Å². The van der Waals surface area contributed by atoms with Gasteiger partial charge in [0.15, 0.2) is 0 Å². The van der Waals surface area contributed by atoms with Gasteiger partial charge in [-0.05, 0) is 67.3 Å². The highest BCUT2D eigenvalue weighted by atomic mass is 15.1. The van der Waals surface area contributed by atoms with E-state index in [0.29, 0.717) is 0 Å². The van der Waals surface area contributed by atoms with Crippen LogP contribution in [-0.4, -0.2) is 14.1 Å². The Bertz CT molecular complexity index is 585. The van der Waals surface area contributed by atoms with Gasteiger partial charge in [-0.2, -0.15) is 0 Å². The molecule has 2 aromatic carbocycles. The molecule has 0 spiro atoms. The summed E-state index contributed by atoms with van der Waals surface area (Å²) in [7, 11) is 4.08. The third kappa shape index (κ3) is 2.96. The summed E-state index contributed by atoms with van der Waals surface area (Å²) in [4.78, 5) is 2.29. The van der Waals surface area contributed by atoms with Crippen LogP contribution in [0.2, 0.25) is 0 Å². The predicted molar refractivity (Wildman–Crippen MR) is 88.7 cm³/mol. The zero-order chi connectivity index (χ0) is 14.7. The van der Waals surface area contributed by atoms with Crippen LogP contribution in [0.3, 0.4) is 0 Å². The Kier molecular flexibility index (Phi) is 4.33. The standard InChI is InChI=1S/C18H24N2/c1-13-6-7-16(15(3)14(13)2)12-20(5)18-10-8-17(19-4)9-11-18/h6-11,19H,12H2,1-5H3. The lowest BCUT2D eigenvalue weighted by Crippen LogP contribution is -2.17. The number of hydrogen-bond donors (Lipinski definition) is 1. The average Bonchev–Trinajstić information content (AvgIpc) is 2.48. The van der Waals surface area contributed by atoms with Crippen LogP contribution in [0.1, 0.15) is 22.3 Å². The number of benzene rings is 2. The fourth-order valence-electron chi connectivity index (χ4n) is 2.41. The molecule has 0 radical (unpaired) electrons. The number of rotatable bonds is 4. The van der Waals surface area contributed by atoms with Crippen LogP contribution in [0.5, 0.6) is 0 Å². The zero-order valence-electron chi connectivity index (χ0n) is 13.1. The Hall–Kier alpha value is -1.96. The van der Waals surface area contributed by atoms with Crippen molar-refractivity contribution in [3.63, 3.8) is 0 Å². The highest BCUT2D eigenvalue weighted by molar-refractivity contribution is 5.55. The second kappa shape index (κ2) is 6.00. The minimum atomic E-state index is 0.936. The Morgan fingerprint density at radius 2 is 1.55 bits per heavy atom. The number of nitrogens with zero attached hydrogens (tertiary/aromatic N) is 1. The molecular formula is C18H24N2. The summed E-state index contributed by atoms with van der Waals surface area (Å²) in [5, 5.41) is 3.15. The first-order valence-electron chi connectivity index (χ1n) is 7.07. The molecule has 106 valence electrons. The smallest absolute Gasteiger partial charge is 0.0428 e. The van der Waals surface area contributed by atoms with Crippen molar-refractivity contribution in [2.24, 2.45) is 0 Å². The van der Waals surface area contributed by atoms with Gasteiger partial charge in [0.25, 0.3) is 0 Å². The van der Waals surface area contributed by atoms with Crippen molar-refractivity contribution < 1.29 is 0 Å². The topological polar surface area (TPSA) is 15.3 Å². The molecule has 0 saturated carbocycles. The van der Waals surface area contributed by atoms with Crippen LogP contribution in [0.15, 0.2) is 36.4 Å². The maximum absolute atomic E-state index is 3.15. The Morgan fingerprint density at radius 3 is 2.15 bits per heavy atom. The van der Waals surface area contributed by atoms with Crippen molar-refractivity contribution in [2.45, 2.75) is 27.3 Å². The second-order valence-electron chi connectivity index (χ2n) is 5.44. The van der Waals surface area contributed by atoms with E-state index < -0.39 is 0 Å². The lowest BCUT2D eigenvalue weighted by Gasteiger charge is -2.22. The average molecular weight is 268 g/mol. The van der Waals surface area contributed by atoms with Crippen LogP contribution in [-0.2, 0) is 6.54 Å². The lowest BCUT2D eigenvalue weighted by atomic mass is 9.98. The van der Waals surface area contributed by atoms with Gasteiger partial charge in [-0.3, -0.25) is 0 Å². The van der Waals surface area contributed by atoms with E-state index in [1.165, 1.54) is 27.9 Å². The molecule has 0 atom stereocenters. The fourth-order valence-corrected chi connectivity index (χ4v) is 2.41. The fraction of sp³-hybridized carbons (Fsp3) is 0.333. The van der Waals surface area contributed by atoms with Gasteiger partial charge in [-0.25, -0.2) is 0 Å². The van der Waals surface area contributed by atoms with Gasteiger partial charge < -0.3 is 10.2 Å². The van der Waals surface area contributed by atoms with Crippen LogP contribution in [0.4, 0.5) is 11.4 Å². The third-order valence-corrected chi connectivity index (χ3v) is 4.17. The molecule has 0 aliphatic carbocycles. The van der Waals surface area contributed by atoms with Crippen molar-refractivity contribution >= 4 is 11.4 Å². The van der Waals surface area contributed by atoms with E-state index in [-0.39, 0.29) is 0 Å². The van der Waals surface area contributed by atoms with Gasteiger partial charge in [0.2, 0.25) is 0 Å². The first kappa shape index (κ1) is 14.4. The molecule has 0 aromatic heterocycles. The first-order chi connectivity index (χ1) is 9.52. The monoisotopic (exact) mass is 268 g/mol. The molecule has 0 saturated heterocycles. The lowest BCUT2D eigenvalue weighted by molar-refractivity contribution is 0.910. The second-order valence-corrected chi connectivity index (χ2v) is 5.44. The summed E-state index contributed by atoms with van der Waals surface area (Å²) in [6.07, 6.45) is 0. The van der Waals surface area contributed by atoms with Crippen molar-refractivity contribution in [1.29, 1.82) is 0 Å². The van der Waals surface area contributed by atoms with Crippen molar-refractivity contribution in [3.05, 3.63) is 58.7 Å². The van der Waals surface area contributed by atoms with E-state index in [1.54, 1.807) is 0 Å². The molecule has 0 aliphatic rings. The predicted octanol–water partition coefficient (Wildman–Crippen LogP) is 4.29. The largest absolute Gasteiger partial charge is 0.388 e. The van der Waals surface area contributed by atoms with E-state index >= 15 is 0 Å². The van der Waals surface area contributed by atoms with Crippen LogP contribution in [0, 0.1) is 20.8 Å². The quantitative estimate of drug-likeness (QED) is 0.890. The molecule has 0 aliphatic heterocycles. The van der Waals surface area contributed by atoms with Crippen molar-refractivity contribution in [2.75, 3.05) is 24.3 Å². The SMILES string of the molecule is CNc1ccc(N(C)Cc2ccc(C)c(C)c2C)cc1. The molecule has 0 unspecified atom stereocenters. The number of aryl methyl sites for hydroxylation is 1. The summed E-state index contributed by atoms with van der Waals surface area (Å²) in [6.45, 7) is 7.53.